The molecule has 0 spiro atoms. The van der Waals surface area contributed by atoms with E-state index in [0.29, 0.717) is 0 Å². The summed E-state index contributed by atoms with van der Waals surface area (Å²) in [4.78, 5) is 21.3. The summed E-state index contributed by atoms with van der Waals surface area (Å²) in [7, 11) is 0. The van der Waals surface area contributed by atoms with Crippen LogP contribution in [-0.4, -0.2) is 35.2 Å². The Labute approximate surface area is 106 Å². The average molecular weight is 253 g/mol. The molecule has 0 aromatic heterocycles. The number of aliphatic carboxylic acids is 2. The Balaban J connectivity index is 0.000000269. The maximum absolute atomic E-state index is 10.8. The second-order valence-electron chi connectivity index (χ2n) is 4.71. The number of allylic oxidation sites excluding steroid dienone is 2. The molecule has 5 heteroatoms. The molecule has 0 bridgehead atoms. The van der Waals surface area contributed by atoms with Crippen LogP contribution in [-0.2, 0) is 9.59 Å². The third-order valence-electron chi connectivity index (χ3n) is 3.04. The van der Waals surface area contributed by atoms with E-state index in [9.17, 15) is 9.59 Å². The van der Waals surface area contributed by atoms with E-state index in [1.807, 2.05) is 0 Å². The summed E-state index contributed by atoms with van der Waals surface area (Å²) >= 11 is 0. The fourth-order valence-electron chi connectivity index (χ4n) is 1.81. The van der Waals surface area contributed by atoms with Crippen molar-refractivity contribution in [2.75, 3.05) is 13.1 Å². The number of carbonyl (C=O) groups is 2. The van der Waals surface area contributed by atoms with Crippen LogP contribution in [0.1, 0.15) is 26.2 Å². The maximum atomic E-state index is 10.8. The molecule has 1 saturated heterocycles. The molecule has 1 atom stereocenters. The third-order valence-corrected chi connectivity index (χ3v) is 3.04. The Bertz CT molecular complexity index is 375. The maximum Gasteiger partial charge on any atom is 0.331 e. The van der Waals surface area contributed by atoms with E-state index in [4.69, 9.17) is 10.2 Å². The van der Waals surface area contributed by atoms with Crippen LogP contribution in [0.2, 0.25) is 0 Å². The Morgan fingerprint density at radius 1 is 1.28 bits per heavy atom. The zero-order chi connectivity index (χ0) is 13.6. The van der Waals surface area contributed by atoms with E-state index >= 15 is 0 Å². The van der Waals surface area contributed by atoms with Crippen molar-refractivity contribution >= 4 is 11.9 Å². The topological polar surface area (TPSA) is 86.6 Å². The van der Waals surface area contributed by atoms with Crippen molar-refractivity contribution < 1.29 is 19.8 Å². The molecule has 2 aliphatic rings. The lowest BCUT2D eigenvalue weighted by molar-refractivity contribution is -0.145. The number of nitrogens with one attached hydrogen (secondary N) is 1. The summed E-state index contributed by atoms with van der Waals surface area (Å²) in [5.41, 5.74) is -0.949. The fourth-order valence-corrected chi connectivity index (χ4v) is 1.81. The molecule has 0 saturated carbocycles. The van der Waals surface area contributed by atoms with E-state index in [-0.39, 0.29) is 12.0 Å². The van der Waals surface area contributed by atoms with Gasteiger partial charge in [-0.2, -0.15) is 0 Å². The monoisotopic (exact) mass is 253 g/mol. The zero-order valence-electron chi connectivity index (χ0n) is 10.5. The molecule has 0 radical (unpaired) electrons. The summed E-state index contributed by atoms with van der Waals surface area (Å²) < 4.78 is 0. The first-order valence-corrected chi connectivity index (χ1v) is 6.01. The minimum Gasteiger partial charge on any atom is -0.481 e. The molecule has 0 aromatic rings. The minimum absolute atomic E-state index is 0.0359. The quantitative estimate of drug-likeness (QED) is 0.692. The standard InChI is InChI=1S/C9H10O4.C4H9N/c1-9(8(12)13)4-2-3-6(5-9)7(10)11;1-2-4-5-3-1/h2-4H,5H2,1H3,(H,10,11)(H,12,13);5H,1-4H2. The number of carboxylic acids is 2. The molecule has 100 valence electrons. The van der Waals surface area contributed by atoms with Crippen molar-refractivity contribution in [3.05, 3.63) is 23.8 Å². The predicted molar refractivity (Wildman–Crippen MR) is 67.3 cm³/mol. The fraction of sp³-hybridized carbons (Fsp3) is 0.538. The molecule has 0 amide bonds. The van der Waals surface area contributed by atoms with Gasteiger partial charge in [0.25, 0.3) is 0 Å². The summed E-state index contributed by atoms with van der Waals surface area (Å²) in [6.07, 6.45) is 7.21. The number of hydrogen-bond donors (Lipinski definition) is 3. The smallest absolute Gasteiger partial charge is 0.331 e. The first-order chi connectivity index (χ1) is 8.46. The first-order valence-electron chi connectivity index (χ1n) is 6.01. The number of hydrogen-bond acceptors (Lipinski definition) is 3. The Hall–Kier alpha value is -1.62. The largest absolute Gasteiger partial charge is 0.481 e. The van der Waals surface area contributed by atoms with Gasteiger partial charge >= 0.3 is 11.9 Å². The molecular formula is C13H19NO4. The van der Waals surface area contributed by atoms with Crippen LogP contribution < -0.4 is 5.32 Å². The molecule has 1 unspecified atom stereocenters. The van der Waals surface area contributed by atoms with Crippen molar-refractivity contribution in [1.29, 1.82) is 0 Å². The van der Waals surface area contributed by atoms with Gasteiger partial charge in [0.15, 0.2) is 0 Å². The molecule has 2 rings (SSSR count). The summed E-state index contributed by atoms with van der Waals surface area (Å²) in [6, 6.07) is 0. The van der Waals surface area contributed by atoms with E-state index in [2.05, 4.69) is 5.32 Å². The van der Waals surface area contributed by atoms with Gasteiger partial charge in [0.1, 0.15) is 0 Å². The molecule has 1 aliphatic carbocycles. The highest BCUT2D eigenvalue weighted by Crippen LogP contribution is 2.31. The Morgan fingerprint density at radius 2 is 1.89 bits per heavy atom. The number of carboxylic acid groups (broad SMARTS) is 2. The molecule has 1 aliphatic heterocycles. The molecule has 1 heterocycles. The first kappa shape index (κ1) is 14.4. The highest BCUT2D eigenvalue weighted by Gasteiger charge is 2.34. The van der Waals surface area contributed by atoms with Gasteiger partial charge in [-0.3, -0.25) is 4.79 Å². The molecule has 18 heavy (non-hydrogen) atoms. The second-order valence-corrected chi connectivity index (χ2v) is 4.71. The van der Waals surface area contributed by atoms with Gasteiger partial charge < -0.3 is 15.5 Å². The van der Waals surface area contributed by atoms with Crippen molar-refractivity contribution in [2.45, 2.75) is 26.2 Å². The highest BCUT2D eigenvalue weighted by molar-refractivity contribution is 5.90. The summed E-state index contributed by atoms with van der Waals surface area (Å²) in [5.74, 6) is -2.06. The van der Waals surface area contributed by atoms with Crippen LogP contribution in [0.4, 0.5) is 0 Å². The Kier molecular flexibility index (Phi) is 5.09. The minimum atomic E-state index is -1.08. The van der Waals surface area contributed by atoms with Gasteiger partial charge in [0, 0.05) is 5.57 Å². The van der Waals surface area contributed by atoms with Crippen molar-refractivity contribution in [1.82, 2.24) is 5.32 Å². The van der Waals surface area contributed by atoms with Gasteiger partial charge in [-0.15, -0.1) is 0 Å². The van der Waals surface area contributed by atoms with Crippen molar-refractivity contribution in [2.24, 2.45) is 5.41 Å². The molecule has 1 fully saturated rings. The summed E-state index contributed by atoms with van der Waals surface area (Å²) in [5, 5.41) is 20.7. The van der Waals surface area contributed by atoms with Gasteiger partial charge in [-0.05, 0) is 39.3 Å². The second kappa shape index (κ2) is 6.35. The molecule has 3 N–H and O–H groups in total. The van der Waals surface area contributed by atoms with Crippen molar-refractivity contribution in [3.63, 3.8) is 0 Å². The molecule has 5 nitrogen and oxygen atoms in total. The van der Waals surface area contributed by atoms with Crippen LogP contribution >= 0.6 is 0 Å². The SMILES string of the molecule is C1CCNC1.CC1(C(=O)O)C=CC=C(C(=O)O)C1. The lowest BCUT2D eigenvalue weighted by Crippen LogP contribution is -2.28. The van der Waals surface area contributed by atoms with Crippen LogP contribution in [0.25, 0.3) is 0 Å². The average Bonchev–Trinajstić information content (AvgIpc) is 2.87. The van der Waals surface area contributed by atoms with Gasteiger partial charge in [0.05, 0.1) is 5.41 Å². The van der Waals surface area contributed by atoms with E-state index in [1.165, 1.54) is 51.1 Å². The van der Waals surface area contributed by atoms with Crippen LogP contribution in [0.3, 0.4) is 0 Å². The lowest BCUT2D eigenvalue weighted by atomic mass is 9.80. The van der Waals surface area contributed by atoms with Crippen LogP contribution in [0.15, 0.2) is 23.8 Å². The normalized spacial score (nSPS) is 25.9. The van der Waals surface area contributed by atoms with Gasteiger partial charge in [-0.25, -0.2) is 4.79 Å². The van der Waals surface area contributed by atoms with E-state index in [1.54, 1.807) is 0 Å². The number of rotatable bonds is 2. The van der Waals surface area contributed by atoms with Gasteiger partial charge in [-0.1, -0.05) is 18.2 Å². The van der Waals surface area contributed by atoms with Crippen LogP contribution in [0, 0.1) is 5.41 Å². The lowest BCUT2D eigenvalue weighted by Gasteiger charge is -2.23. The van der Waals surface area contributed by atoms with E-state index < -0.39 is 17.4 Å². The predicted octanol–water partition coefficient (Wildman–Crippen LogP) is 1.42. The third kappa shape index (κ3) is 4.00. The van der Waals surface area contributed by atoms with Crippen molar-refractivity contribution in [3.8, 4) is 0 Å². The Morgan fingerprint density at radius 3 is 2.28 bits per heavy atom. The summed E-state index contributed by atoms with van der Waals surface area (Å²) in [6.45, 7) is 4.00. The molecule has 0 aromatic carbocycles. The van der Waals surface area contributed by atoms with Gasteiger partial charge in [0.2, 0.25) is 0 Å². The molecular weight excluding hydrogens is 234 g/mol. The zero-order valence-corrected chi connectivity index (χ0v) is 10.5. The van der Waals surface area contributed by atoms with E-state index in [0.717, 1.165) is 0 Å². The van der Waals surface area contributed by atoms with Crippen LogP contribution in [0.5, 0.6) is 0 Å². The highest BCUT2D eigenvalue weighted by atomic mass is 16.4.